The highest BCUT2D eigenvalue weighted by Crippen LogP contribution is 2.42. The van der Waals surface area contributed by atoms with Crippen LogP contribution in [0.5, 0.6) is 0 Å². The van der Waals surface area contributed by atoms with Crippen molar-refractivity contribution in [2.45, 2.75) is 12.2 Å². The van der Waals surface area contributed by atoms with Gasteiger partial charge in [0.1, 0.15) is 7.85 Å². The van der Waals surface area contributed by atoms with Crippen LogP contribution in [0.3, 0.4) is 0 Å². The SMILES string of the molecule is [B]c1ccc2c3ccccc3n(C3=CC4OC5C=CC=CC5C4C=C3)c2c1. The highest BCUT2D eigenvalue weighted by atomic mass is 16.5. The van der Waals surface area contributed by atoms with Gasteiger partial charge in [0, 0.05) is 28.3 Å². The summed E-state index contributed by atoms with van der Waals surface area (Å²) >= 11 is 0. The average molecular weight is 347 g/mol. The van der Waals surface area contributed by atoms with Crippen molar-refractivity contribution in [2.24, 2.45) is 11.8 Å². The minimum Gasteiger partial charge on any atom is -0.365 e. The molecule has 128 valence electrons. The van der Waals surface area contributed by atoms with E-state index in [0.29, 0.717) is 11.8 Å². The summed E-state index contributed by atoms with van der Waals surface area (Å²) in [4.78, 5) is 0. The monoisotopic (exact) mass is 347 g/mol. The fourth-order valence-corrected chi connectivity index (χ4v) is 4.82. The maximum Gasteiger partial charge on any atom is 0.113 e. The molecular formula is C24H18BNO. The molecule has 1 aliphatic heterocycles. The fraction of sp³-hybridized carbons (Fsp3) is 0.167. The lowest BCUT2D eigenvalue weighted by molar-refractivity contribution is 0.0886. The highest BCUT2D eigenvalue weighted by molar-refractivity contribution is 6.33. The molecule has 0 spiro atoms. The van der Waals surface area contributed by atoms with Crippen LogP contribution >= 0.6 is 0 Å². The van der Waals surface area contributed by atoms with Crippen LogP contribution in [-0.4, -0.2) is 24.6 Å². The molecule has 1 aromatic heterocycles. The second kappa shape index (κ2) is 5.61. The Kier molecular flexibility index (Phi) is 3.18. The molecule has 6 rings (SSSR count). The third-order valence-electron chi connectivity index (χ3n) is 6.04. The van der Waals surface area contributed by atoms with E-state index in [1.165, 1.54) is 16.3 Å². The van der Waals surface area contributed by atoms with E-state index < -0.39 is 0 Å². The van der Waals surface area contributed by atoms with Crippen molar-refractivity contribution in [3.05, 3.63) is 85.0 Å². The third-order valence-corrected chi connectivity index (χ3v) is 6.04. The summed E-state index contributed by atoms with van der Waals surface area (Å²) in [7, 11) is 6.12. The standard InChI is InChI=1S/C24H18BNO/c25-15-9-11-18-17-5-1-3-7-21(17)26(22(18)13-15)16-10-12-20-19-6-2-4-8-23(19)27-24(20)14-16/h1-14,19-20,23-24H. The van der Waals surface area contributed by atoms with Gasteiger partial charge in [-0.25, -0.2) is 0 Å². The minimum absolute atomic E-state index is 0.102. The molecule has 4 atom stereocenters. The first-order valence-electron chi connectivity index (χ1n) is 9.49. The van der Waals surface area contributed by atoms with Crippen LogP contribution < -0.4 is 5.46 Å². The Balaban J connectivity index is 1.54. The number of aromatic nitrogens is 1. The predicted octanol–water partition coefficient (Wildman–Crippen LogP) is 4.12. The molecule has 3 aromatic rings. The maximum atomic E-state index is 6.34. The van der Waals surface area contributed by atoms with E-state index in [2.05, 4.69) is 83.5 Å². The molecule has 2 aromatic carbocycles. The summed E-state index contributed by atoms with van der Waals surface area (Å²) in [5.41, 5.74) is 4.27. The summed E-state index contributed by atoms with van der Waals surface area (Å²) in [6.45, 7) is 0. The van der Waals surface area contributed by atoms with Crippen molar-refractivity contribution in [2.75, 3.05) is 0 Å². The van der Waals surface area contributed by atoms with Crippen molar-refractivity contribution in [1.29, 1.82) is 0 Å². The number of ether oxygens (including phenoxy) is 1. The smallest absolute Gasteiger partial charge is 0.113 e. The van der Waals surface area contributed by atoms with E-state index >= 15 is 0 Å². The van der Waals surface area contributed by atoms with E-state index in [1.54, 1.807) is 0 Å². The lowest BCUT2D eigenvalue weighted by Crippen LogP contribution is -2.20. The van der Waals surface area contributed by atoms with Gasteiger partial charge in [0.2, 0.25) is 0 Å². The zero-order valence-corrected chi connectivity index (χ0v) is 14.8. The minimum atomic E-state index is 0.102. The number of hydrogen-bond donors (Lipinski definition) is 0. The lowest BCUT2D eigenvalue weighted by Gasteiger charge is -2.22. The number of nitrogens with zero attached hydrogens (tertiary/aromatic N) is 1. The average Bonchev–Trinajstić information content (AvgIpc) is 3.22. The van der Waals surface area contributed by atoms with E-state index in [9.17, 15) is 0 Å². The van der Waals surface area contributed by atoms with Gasteiger partial charge < -0.3 is 9.30 Å². The van der Waals surface area contributed by atoms with Gasteiger partial charge in [-0.15, -0.1) is 0 Å². The molecule has 1 saturated heterocycles. The first-order valence-corrected chi connectivity index (χ1v) is 9.49. The first kappa shape index (κ1) is 15.3. The van der Waals surface area contributed by atoms with E-state index in [0.717, 1.165) is 16.7 Å². The van der Waals surface area contributed by atoms with Gasteiger partial charge in [0.25, 0.3) is 0 Å². The predicted molar refractivity (Wildman–Crippen MR) is 112 cm³/mol. The Labute approximate surface area is 159 Å². The highest BCUT2D eigenvalue weighted by Gasteiger charge is 2.41. The molecule has 2 radical (unpaired) electrons. The second-order valence-corrected chi connectivity index (χ2v) is 7.57. The lowest BCUT2D eigenvalue weighted by atomic mass is 9.82. The normalized spacial score (nSPS) is 28.5. The molecule has 2 aliphatic carbocycles. The molecule has 4 unspecified atom stereocenters. The number of hydrogen-bond acceptors (Lipinski definition) is 1. The van der Waals surface area contributed by atoms with Crippen LogP contribution in [0, 0.1) is 11.8 Å². The number of allylic oxidation sites excluding steroid dienone is 4. The van der Waals surface area contributed by atoms with Gasteiger partial charge in [0.15, 0.2) is 0 Å². The Morgan fingerprint density at radius 1 is 0.815 bits per heavy atom. The molecule has 1 fully saturated rings. The molecule has 3 aliphatic rings. The molecule has 0 saturated carbocycles. The van der Waals surface area contributed by atoms with E-state index in [-0.39, 0.29) is 12.2 Å². The number of fused-ring (bicyclic) bond motifs is 6. The van der Waals surface area contributed by atoms with Gasteiger partial charge in [-0.3, -0.25) is 0 Å². The molecule has 0 amide bonds. The van der Waals surface area contributed by atoms with Gasteiger partial charge >= 0.3 is 0 Å². The first-order chi connectivity index (χ1) is 13.3. The summed E-state index contributed by atoms with van der Waals surface area (Å²) in [6.07, 6.45) is 15.8. The molecule has 27 heavy (non-hydrogen) atoms. The summed E-state index contributed by atoms with van der Waals surface area (Å²) in [5, 5.41) is 2.47. The van der Waals surface area contributed by atoms with Crippen molar-refractivity contribution in [3.8, 4) is 0 Å². The molecule has 2 nitrogen and oxygen atoms in total. The summed E-state index contributed by atoms with van der Waals surface area (Å²) < 4.78 is 8.65. The molecule has 0 bridgehead atoms. The van der Waals surface area contributed by atoms with Crippen LogP contribution in [-0.2, 0) is 4.74 Å². The van der Waals surface area contributed by atoms with Gasteiger partial charge in [-0.2, -0.15) is 0 Å². The van der Waals surface area contributed by atoms with Crippen molar-refractivity contribution in [3.63, 3.8) is 0 Å². The van der Waals surface area contributed by atoms with Crippen LogP contribution in [0.4, 0.5) is 0 Å². The Morgan fingerprint density at radius 3 is 2.59 bits per heavy atom. The van der Waals surface area contributed by atoms with Crippen LogP contribution in [0.1, 0.15) is 0 Å². The molecule has 0 N–H and O–H groups in total. The molecular weight excluding hydrogens is 329 g/mol. The van der Waals surface area contributed by atoms with Crippen molar-refractivity contribution >= 4 is 40.8 Å². The van der Waals surface area contributed by atoms with E-state index in [4.69, 9.17) is 12.6 Å². The van der Waals surface area contributed by atoms with Crippen LogP contribution in [0.15, 0.2) is 85.0 Å². The zero-order valence-electron chi connectivity index (χ0n) is 14.8. The number of para-hydroxylation sites is 1. The summed E-state index contributed by atoms with van der Waals surface area (Å²) in [5.74, 6) is 0.834. The van der Waals surface area contributed by atoms with Gasteiger partial charge in [-0.1, -0.05) is 66.2 Å². The van der Waals surface area contributed by atoms with Crippen molar-refractivity contribution < 1.29 is 4.74 Å². The van der Waals surface area contributed by atoms with Gasteiger partial charge in [-0.05, 0) is 24.3 Å². The maximum absolute atomic E-state index is 6.34. The van der Waals surface area contributed by atoms with E-state index in [1.807, 2.05) is 6.07 Å². The Bertz CT molecular complexity index is 1200. The number of rotatable bonds is 1. The second-order valence-electron chi connectivity index (χ2n) is 7.57. The third kappa shape index (κ3) is 2.18. The van der Waals surface area contributed by atoms with Crippen LogP contribution in [0.25, 0.3) is 27.5 Å². The number of benzene rings is 2. The van der Waals surface area contributed by atoms with Crippen molar-refractivity contribution in [1.82, 2.24) is 4.57 Å². The Morgan fingerprint density at radius 2 is 1.63 bits per heavy atom. The summed E-state index contributed by atoms with van der Waals surface area (Å²) in [6, 6.07) is 14.7. The zero-order chi connectivity index (χ0) is 18.0. The molecule has 2 heterocycles. The quantitative estimate of drug-likeness (QED) is 0.604. The Hall–Kier alpha value is -2.78. The fourth-order valence-electron chi connectivity index (χ4n) is 4.82. The largest absolute Gasteiger partial charge is 0.365 e. The molecule has 3 heteroatoms. The topological polar surface area (TPSA) is 14.2 Å². The van der Waals surface area contributed by atoms with Gasteiger partial charge in [0.05, 0.1) is 23.2 Å². The van der Waals surface area contributed by atoms with Crippen LogP contribution in [0.2, 0.25) is 0 Å².